The maximum Gasteiger partial charge on any atom is 0.261 e. The van der Waals surface area contributed by atoms with Gasteiger partial charge in [-0.15, -0.1) is 11.3 Å². The van der Waals surface area contributed by atoms with Gasteiger partial charge in [0.15, 0.2) is 0 Å². The Bertz CT molecular complexity index is 515. The molecule has 1 unspecified atom stereocenters. The fraction of sp³-hybridized carbons (Fsp3) is 0.533. The van der Waals surface area contributed by atoms with E-state index < -0.39 is 0 Å². The molecule has 2 heterocycles. The average molecular weight is 292 g/mol. The number of carbonyl (C=O) groups is 1. The second-order valence-electron chi connectivity index (χ2n) is 4.88. The Balaban J connectivity index is 1.81. The molecule has 2 N–H and O–H groups in total. The Labute approximate surface area is 123 Å². The van der Waals surface area contributed by atoms with Gasteiger partial charge in [-0.2, -0.15) is 0 Å². The summed E-state index contributed by atoms with van der Waals surface area (Å²) < 4.78 is 0. The largest absolute Gasteiger partial charge is 0.384 e. The first-order valence-electron chi connectivity index (χ1n) is 6.93. The van der Waals surface area contributed by atoms with E-state index in [9.17, 15) is 4.79 Å². The van der Waals surface area contributed by atoms with Crippen LogP contribution < -0.4 is 5.32 Å². The molecule has 1 aliphatic rings. The summed E-state index contributed by atoms with van der Waals surface area (Å²) in [7, 11) is 0. The highest BCUT2D eigenvalue weighted by Crippen LogP contribution is 2.17. The number of hydrogen-bond donors (Lipinski definition) is 2. The summed E-state index contributed by atoms with van der Waals surface area (Å²) in [6, 6.07) is 3.60. The van der Waals surface area contributed by atoms with Gasteiger partial charge in [-0.25, -0.2) is 0 Å². The summed E-state index contributed by atoms with van der Waals surface area (Å²) in [6.07, 6.45) is 1.16. The molecule has 1 amide bonds. The van der Waals surface area contributed by atoms with Crippen molar-refractivity contribution < 1.29 is 9.90 Å². The Hall–Kier alpha value is -1.35. The van der Waals surface area contributed by atoms with Crippen molar-refractivity contribution in [3.8, 4) is 11.8 Å². The van der Waals surface area contributed by atoms with Crippen LogP contribution in [0.25, 0.3) is 0 Å². The summed E-state index contributed by atoms with van der Waals surface area (Å²) in [5.74, 6) is 5.93. The Kier molecular flexibility index (Phi) is 5.60. The van der Waals surface area contributed by atoms with Crippen LogP contribution in [0.2, 0.25) is 0 Å². The van der Waals surface area contributed by atoms with E-state index in [2.05, 4.69) is 29.0 Å². The second kappa shape index (κ2) is 7.44. The van der Waals surface area contributed by atoms with Gasteiger partial charge in [0, 0.05) is 13.1 Å². The highest BCUT2D eigenvalue weighted by Gasteiger charge is 2.21. The first-order valence-corrected chi connectivity index (χ1v) is 7.74. The molecule has 0 aromatic carbocycles. The van der Waals surface area contributed by atoms with E-state index in [1.165, 1.54) is 11.3 Å². The van der Waals surface area contributed by atoms with Crippen molar-refractivity contribution in [3.05, 3.63) is 21.9 Å². The summed E-state index contributed by atoms with van der Waals surface area (Å²) in [6.45, 7) is 6.05. The summed E-state index contributed by atoms with van der Waals surface area (Å²) >= 11 is 1.36. The molecule has 2 rings (SSSR count). The number of nitrogens with zero attached hydrogens (tertiary/aromatic N) is 1. The molecule has 20 heavy (non-hydrogen) atoms. The molecule has 108 valence electrons. The number of aliphatic hydroxyl groups excluding tert-OH is 1. The predicted molar refractivity (Wildman–Crippen MR) is 80.8 cm³/mol. The second-order valence-corrected chi connectivity index (χ2v) is 5.97. The zero-order chi connectivity index (χ0) is 14.4. The molecule has 1 atom stereocenters. The molecule has 5 heteroatoms. The average Bonchev–Trinajstić information content (AvgIpc) is 3.11. The Morgan fingerprint density at radius 2 is 2.45 bits per heavy atom. The molecule has 1 aromatic heterocycles. The minimum Gasteiger partial charge on any atom is -0.384 e. The predicted octanol–water partition coefficient (Wildman–Crippen LogP) is 1.16. The van der Waals surface area contributed by atoms with E-state index in [-0.39, 0.29) is 12.5 Å². The lowest BCUT2D eigenvalue weighted by molar-refractivity contribution is 0.0951. The van der Waals surface area contributed by atoms with Gasteiger partial charge in [0.1, 0.15) is 6.61 Å². The third kappa shape index (κ3) is 4.07. The number of rotatable bonds is 4. The number of aliphatic hydroxyl groups is 1. The van der Waals surface area contributed by atoms with Crippen molar-refractivity contribution in [2.24, 2.45) is 5.92 Å². The minimum atomic E-state index is -0.158. The molecule has 0 spiro atoms. The van der Waals surface area contributed by atoms with Crippen LogP contribution in [0, 0.1) is 17.8 Å². The zero-order valence-electron chi connectivity index (χ0n) is 11.7. The van der Waals surface area contributed by atoms with Gasteiger partial charge in [-0.3, -0.25) is 4.79 Å². The van der Waals surface area contributed by atoms with Crippen LogP contribution in [0.4, 0.5) is 0 Å². The number of thiophene rings is 1. The molecule has 1 aliphatic heterocycles. The van der Waals surface area contributed by atoms with Gasteiger partial charge in [-0.1, -0.05) is 18.8 Å². The third-order valence-electron chi connectivity index (χ3n) is 3.49. The summed E-state index contributed by atoms with van der Waals surface area (Å²) in [5, 5.41) is 11.6. The van der Waals surface area contributed by atoms with Crippen LogP contribution in [-0.4, -0.2) is 48.7 Å². The van der Waals surface area contributed by atoms with Crippen LogP contribution in [0.3, 0.4) is 0 Å². The van der Waals surface area contributed by atoms with Gasteiger partial charge >= 0.3 is 0 Å². The summed E-state index contributed by atoms with van der Waals surface area (Å²) in [4.78, 5) is 15.9. The number of carbonyl (C=O) groups excluding carboxylic acids is 1. The lowest BCUT2D eigenvalue weighted by Gasteiger charge is -2.13. The third-order valence-corrected chi connectivity index (χ3v) is 4.49. The van der Waals surface area contributed by atoms with E-state index in [1.54, 1.807) is 6.07 Å². The molecule has 0 bridgehead atoms. The number of amides is 1. The number of nitrogens with one attached hydrogen (secondary N) is 1. The van der Waals surface area contributed by atoms with E-state index in [1.807, 2.05) is 6.07 Å². The minimum absolute atomic E-state index is 0.0259. The first kappa shape index (κ1) is 15.0. The zero-order valence-corrected chi connectivity index (χ0v) is 12.5. The smallest absolute Gasteiger partial charge is 0.261 e. The topological polar surface area (TPSA) is 52.6 Å². The van der Waals surface area contributed by atoms with Gasteiger partial charge in [0.25, 0.3) is 5.91 Å². The molecular weight excluding hydrogens is 272 g/mol. The van der Waals surface area contributed by atoms with Crippen molar-refractivity contribution in [1.29, 1.82) is 0 Å². The SMILES string of the molecule is CCN1CCC(CNC(=O)c2ccc(C#CCO)s2)C1. The van der Waals surface area contributed by atoms with Crippen molar-refractivity contribution >= 4 is 17.2 Å². The van der Waals surface area contributed by atoms with Gasteiger partial charge in [-0.05, 0) is 37.6 Å². The number of hydrogen-bond acceptors (Lipinski definition) is 4. The van der Waals surface area contributed by atoms with Crippen LogP contribution in [-0.2, 0) is 0 Å². The normalized spacial score (nSPS) is 18.6. The molecule has 1 saturated heterocycles. The fourth-order valence-corrected chi connectivity index (χ4v) is 3.14. The molecule has 1 aromatic rings. The molecule has 1 fully saturated rings. The van der Waals surface area contributed by atoms with Gasteiger partial charge in [0.2, 0.25) is 0 Å². The maximum absolute atomic E-state index is 12.0. The van der Waals surface area contributed by atoms with Crippen molar-refractivity contribution in [2.75, 3.05) is 32.8 Å². The van der Waals surface area contributed by atoms with Crippen LogP contribution in [0.1, 0.15) is 27.9 Å². The number of likely N-dealkylation sites (tertiary alicyclic amines) is 1. The van der Waals surface area contributed by atoms with E-state index in [0.717, 1.165) is 37.5 Å². The van der Waals surface area contributed by atoms with Crippen molar-refractivity contribution in [2.45, 2.75) is 13.3 Å². The van der Waals surface area contributed by atoms with Gasteiger partial charge < -0.3 is 15.3 Å². The fourth-order valence-electron chi connectivity index (χ4n) is 2.34. The Morgan fingerprint density at radius 3 is 3.15 bits per heavy atom. The molecule has 4 nitrogen and oxygen atoms in total. The van der Waals surface area contributed by atoms with Crippen LogP contribution in [0.5, 0.6) is 0 Å². The Morgan fingerprint density at radius 1 is 1.60 bits per heavy atom. The van der Waals surface area contributed by atoms with Crippen LogP contribution in [0.15, 0.2) is 12.1 Å². The van der Waals surface area contributed by atoms with E-state index >= 15 is 0 Å². The summed E-state index contributed by atoms with van der Waals surface area (Å²) in [5.41, 5.74) is 0. The van der Waals surface area contributed by atoms with E-state index in [0.29, 0.717) is 10.8 Å². The highest BCUT2D eigenvalue weighted by atomic mass is 32.1. The highest BCUT2D eigenvalue weighted by molar-refractivity contribution is 7.14. The molecular formula is C15H20N2O2S. The van der Waals surface area contributed by atoms with Crippen molar-refractivity contribution in [3.63, 3.8) is 0 Å². The molecule has 0 saturated carbocycles. The van der Waals surface area contributed by atoms with Gasteiger partial charge in [0.05, 0.1) is 9.75 Å². The molecule has 0 aliphatic carbocycles. The standard InChI is InChI=1S/C15H20N2O2S/c1-2-17-8-7-12(11-17)10-16-15(19)14-6-5-13(20-14)4-3-9-18/h5-6,12,18H,2,7-11H2,1H3,(H,16,19). The quantitative estimate of drug-likeness (QED) is 0.819. The lowest BCUT2D eigenvalue weighted by atomic mass is 10.1. The lowest BCUT2D eigenvalue weighted by Crippen LogP contribution is -2.30. The molecule has 0 radical (unpaired) electrons. The first-order chi connectivity index (χ1) is 9.72. The van der Waals surface area contributed by atoms with Crippen LogP contribution >= 0.6 is 11.3 Å². The van der Waals surface area contributed by atoms with E-state index in [4.69, 9.17) is 5.11 Å². The van der Waals surface area contributed by atoms with Crippen molar-refractivity contribution in [1.82, 2.24) is 10.2 Å². The monoisotopic (exact) mass is 292 g/mol. The maximum atomic E-state index is 12.0.